The van der Waals surface area contributed by atoms with Gasteiger partial charge in [-0.05, 0) is 46.9 Å². The fraction of sp³-hybridized carbons (Fsp3) is 0.250. The van der Waals surface area contributed by atoms with Crippen molar-refractivity contribution in [3.8, 4) is 0 Å². The molecule has 0 aliphatic carbocycles. The standard InChI is InChI=1S/C16H16ClFN2O/c17-15-4-3-14(18)6-12(15)7-16(20-19)10-1-2-11-8-21-9-13(11)5-10/h1-6,16,20H,7-9,19H2. The summed E-state index contributed by atoms with van der Waals surface area (Å²) in [7, 11) is 0. The zero-order valence-corrected chi connectivity index (χ0v) is 12.2. The quantitative estimate of drug-likeness (QED) is 0.673. The van der Waals surface area contributed by atoms with E-state index in [4.69, 9.17) is 22.2 Å². The number of fused-ring (bicyclic) bond motifs is 1. The first-order valence-electron chi connectivity index (χ1n) is 6.77. The van der Waals surface area contributed by atoms with Crippen LogP contribution in [0.5, 0.6) is 0 Å². The number of nitrogens with two attached hydrogens (primary N) is 1. The Morgan fingerprint density at radius 2 is 2.00 bits per heavy atom. The zero-order chi connectivity index (χ0) is 14.8. The van der Waals surface area contributed by atoms with E-state index in [0.29, 0.717) is 24.7 Å². The summed E-state index contributed by atoms with van der Waals surface area (Å²) in [6.45, 7) is 1.28. The third-order valence-corrected chi connectivity index (χ3v) is 4.15. The molecule has 0 radical (unpaired) electrons. The third-order valence-electron chi connectivity index (χ3n) is 3.78. The number of hydrogen-bond donors (Lipinski definition) is 2. The van der Waals surface area contributed by atoms with Crippen LogP contribution in [-0.2, 0) is 24.4 Å². The molecular formula is C16H16ClFN2O. The van der Waals surface area contributed by atoms with Gasteiger partial charge in [0.05, 0.1) is 19.3 Å². The van der Waals surface area contributed by atoms with Gasteiger partial charge in [-0.1, -0.05) is 29.8 Å². The molecule has 3 N–H and O–H groups in total. The fourth-order valence-corrected chi connectivity index (χ4v) is 2.80. The average Bonchev–Trinajstić information content (AvgIpc) is 2.95. The van der Waals surface area contributed by atoms with E-state index >= 15 is 0 Å². The minimum atomic E-state index is -0.299. The Labute approximate surface area is 127 Å². The van der Waals surface area contributed by atoms with Crippen LogP contribution in [0.1, 0.15) is 28.3 Å². The molecule has 1 aliphatic heterocycles. The van der Waals surface area contributed by atoms with Gasteiger partial charge in [0, 0.05) is 5.02 Å². The molecule has 21 heavy (non-hydrogen) atoms. The molecule has 0 saturated heterocycles. The normalized spacial score (nSPS) is 15.0. The fourth-order valence-electron chi connectivity index (χ4n) is 2.60. The first-order chi connectivity index (χ1) is 10.2. The van der Waals surface area contributed by atoms with Crippen LogP contribution >= 0.6 is 11.6 Å². The molecule has 2 aromatic carbocycles. The summed E-state index contributed by atoms with van der Waals surface area (Å²) in [6, 6.07) is 10.4. The molecule has 0 saturated carbocycles. The molecule has 2 aromatic rings. The highest BCUT2D eigenvalue weighted by Crippen LogP contribution is 2.27. The highest BCUT2D eigenvalue weighted by Gasteiger charge is 2.17. The van der Waals surface area contributed by atoms with Gasteiger partial charge in [0.25, 0.3) is 0 Å². The van der Waals surface area contributed by atoms with Crippen molar-refractivity contribution in [2.75, 3.05) is 0 Å². The lowest BCUT2D eigenvalue weighted by atomic mass is 9.96. The maximum Gasteiger partial charge on any atom is 0.123 e. The Hall–Kier alpha value is -1.46. The second-order valence-corrected chi connectivity index (χ2v) is 5.59. The van der Waals surface area contributed by atoms with Gasteiger partial charge in [0.2, 0.25) is 0 Å². The summed E-state index contributed by atoms with van der Waals surface area (Å²) < 4.78 is 18.8. The van der Waals surface area contributed by atoms with Crippen molar-refractivity contribution in [2.45, 2.75) is 25.7 Å². The Kier molecular flexibility index (Phi) is 4.22. The summed E-state index contributed by atoms with van der Waals surface area (Å²) in [5.74, 6) is 5.37. The summed E-state index contributed by atoms with van der Waals surface area (Å²) in [5, 5.41) is 0.543. The van der Waals surface area contributed by atoms with E-state index < -0.39 is 0 Å². The van der Waals surface area contributed by atoms with Crippen molar-refractivity contribution < 1.29 is 9.13 Å². The maximum atomic E-state index is 13.4. The van der Waals surface area contributed by atoms with Crippen molar-refractivity contribution in [2.24, 2.45) is 5.84 Å². The molecule has 1 aliphatic rings. The summed E-state index contributed by atoms with van der Waals surface area (Å²) in [6.07, 6.45) is 0.521. The molecule has 1 heterocycles. The number of benzene rings is 2. The van der Waals surface area contributed by atoms with Crippen LogP contribution < -0.4 is 11.3 Å². The van der Waals surface area contributed by atoms with Crippen molar-refractivity contribution in [3.05, 3.63) is 69.5 Å². The molecule has 3 rings (SSSR count). The van der Waals surface area contributed by atoms with Crippen LogP contribution in [0.15, 0.2) is 36.4 Å². The zero-order valence-electron chi connectivity index (χ0n) is 11.4. The average molecular weight is 307 g/mol. The number of hydrogen-bond acceptors (Lipinski definition) is 3. The molecule has 1 atom stereocenters. The lowest BCUT2D eigenvalue weighted by Crippen LogP contribution is -2.29. The van der Waals surface area contributed by atoms with Gasteiger partial charge in [-0.2, -0.15) is 0 Å². The minimum Gasteiger partial charge on any atom is -0.372 e. The molecule has 0 aromatic heterocycles. The first kappa shape index (κ1) is 14.5. The van der Waals surface area contributed by atoms with Crippen molar-refractivity contribution in [1.29, 1.82) is 0 Å². The first-order valence-corrected chi connectivity index (χ1v) is 7.14. The van der Waals surface area contributed by atoms with Crippen molar-refractivity contribution >= 4 is 11.6 Å². The van der Waals surface area contributed by atoms with Gasteiger partial charge < -0.3 is 4.74 Å². The highest BCUT2D eigenvalue weighted by molar-refractivity contribution is 6.31. The van der Waals surface area contributed by atoms with E-state index in [0.717, 1.165) is 11.1 Å². The Balaban J connectivity index is 1.86. The van der Waals surface area contributed by atoms with E-state index in [2.05, 4.69) is 17.6 Å². The molecule has 5 heteroatoms. The Morgan fingerprint density at radius 3 is 2.81 bits per heavy atom. The lowest BCUT2D eigenvalue weighted by Gasteiger charge is -2.18. The summed E-state index contributed by atoms with van der Waals surface area (Å²) in [4.78, 5) is 0. The molecule has 1 unspecified atom stereocenters. The smallest absolute Gasteiger partial charge is 0.123 e. The van der Waals surface area contributed by atoms with E-state index in [1.165, 1.54) is 23.3 Å². The van der Waals surface area contributed by atoms with Crippen LogP contribution in [0.2, 0.25) is 5.02 Å². The molecule has 110 valence electrons. The van der Waals surface area contributed by atoms with Gasteiger partial charge in [0.15, 0.2) is 0 Å². The SMILES string of the molecule is NNC(Cc1cc(F)ccc1Cl)c1ccc2c(c1)COC2. The maximum absolute atomic E-state index is 13.4. The molecular weight excluding hydrogens is 291 g/mol. The van der Waals surface area contributed by atoms with E-state index in [9.17, 15) is 4.39 Å². The van der Waals surface area contributed by atoms with Crippen LogP contribution in [-0.4, -0.2) is 0 Å². The number of nitrogens with one attached hydrogen (secondary N) is 1. The number of halogens is 2. The van der Waals surface area contributed by atoms with Gasteiger partial charge in [-0.25, -0.2) is 4.39 Å². The lowest BCUT2D eigenvalue weighted by molar-refractivity contribution is 0.134. The third kappa shape index (κ3) is 3.09. The van der Waals surface area contributed by atoms with Crippen LogP contribution in [0.25, 0.3) is 0 Å². The second kappa shape index (κ2) is 6.12. The van der Waals surface area contributed by atoms with E-state index in [1.54, 1.807) is 6.07 Å². The Bertz CT molecular complexity index is 663. The van der Waals surface area contributed by atoms with Gasteiger partial charge in [-0.3, -0.25) is 11.3 Å². The van der Waals surface area contributed by atoms with Crippen LogP contribution in [0, 0.1) is 5.82 Å². The van der Waals surface area contributed by atoms with Crippen molar-refractivity contribution in [3.63, 3.8) is 0 Å². The van der Waals surface area contributed by atoms with Gasteiger partial charge >= 0.3 is 0 Å². The van der Waals surface area contributed by atoms with E-state index in [-0.39, 0.29) is 11.9 Å². The predicted octanol–water partition coefficient (Wildman–Crippen LogP) is 3.26. The number of rotatable bonds is 4. The topological polar surface area (TPSA) is 47.3 Å². The molecule has 0 bridgehead atoms. The second-order valence-electron chi connectivity index (χ2n) is 5.18. The van der Waals surface area contributed by atoms with Crippen LogP contribution in [0.3, 0.4) is 0 Å². The summed E-state index contributed by atoms with van der Waals surface area (Å²) in [5.41, 5.74) is 6.94. The van der Waals surface area contributed by atoms with Gasteiger partial charge in [-0.15, -0.1) is 0 Å². The van der Waals surface area contributed by atoms with E-state index in [1.807, 2.05) is 6.07 Å². The Morgan fingerprint density at radius 1 is 1.19 bits per heavy atom. The molecule has 0 spiro atoms. The molecule has 3 nitrogen and oxygen atoms in total. The number of hydrazine groups is 1. The monoisotopic (exact) mass is 306 g/mol. The molecule has 0 fully saturated rings. The van der Waals surface area contributed by atoms with Gasteiger partial charge in [0.1, 0.15) is 5.82 Å². The van der Waals surface area contributed by atoms with Crippen LogP contribution in [0.4, 0.5) is 4.39 Å². The number of ether oxygens (including phenoxy) is 1. The minimum absolute atomic E-state index is 0.129. The predicted molar refractivity (Wildman–Crippen MR) is 80.1 cm³/mol. The molecule has 0 amide bonds. The van der Waals surface area contributed by atoms with Crippen molar-refractivity contribution in [1.82, 2.24) is 5.43 Å². The summed E-state index contributed by atoms with van der Waals surface area (Å²) >= 11 is 6.12. The highest BCUT2D eigenvalue weighted by atomic mass is 35.5. The largest absolute Gasteiger partial charge is 0.372 e.